The van der Waals surface area contributed by atoms with E-state index in [9.17, 15) is 9.59 Å². The highest BCUT2D eigenvalue weighted by atomic mass is 35.5. The molecule has 0 saturated carbocycles. The second-order valence-electron chi connectivity index (χ2n) is 6.22. The van der Waals surface area contributed by atoms with Crippen LogP contribution in [0.25, 0.3) is 0 Å². The van der Waals surface area contributed by atoms with Gasteiger partial charge in [0, 0.05) is 16.7 Å². The number of rotatable bonds is 3. The molecule has 2 rings (SSSR count). The molecule has 0 fully saturated rings. The molecule has 0 radical (unpaired) electrons. The van der Waals surface area contributed by atoms with Crippen molar-refractivity contribution in [1.82, 2.24) is 5.32 Å². The molecule has 5 heteroatoms. The summed E-state index contributed by atoms with van der Waals surface area (Å²) < 4.78 is 0. The Hall–Kier alpha value is -2.33. The number of carbonyl (C=O) groups is 2. The standard InChI is InChI=1S/C18H19ClN2O2/c1-18(2,3)21-17(23)13-10-8-12(9-11-13)16(22)20-15-7-5-4-6-14(15)19/h4-11H,1-3H3,(H,20,22)(H,21,23). The van der Waals surface area contributed by atoms with Crippen LogP contribution in [0.2, 0.25) is 5.02 Å². The SMILES string of the molecule is CC(C)(C)NC(=O)c1ccc(C(=O)Nc2ccccc2Cl)cc1. The number of carbonyl (C=O) groups excluding carboxylic acids is 2. The quantitative estimate of drug-likeness (QED) is 0.889. The van der Waals surface area contributed by atoms with Gasteiger partial charge in [-0.25, -0.2) is 0 Å². The van der Waals surface area contributed by atoms with Crippen molar-refractivity contribution in [3.63, 3.8) is 0 Å². The Labute approximate surface area is 140 Å². The predicted molar refractivity (Wildman–Crippen MR) is 93.1 cm³/mol. The maximum Gasteiger partial charge on any atom is 0.255 e. The average molecular weight is 331 g/mol. The fourth-order valence-corrected chi connectivity index (χ4v) is 2.13. The van der Waals surface area contributed by atoms with Crippen molar-refractivity contribution in [3.8, 4) is 0 Å². The highest BCUT2D eigenvalue weighted by Crippen LogP contribution is 2.21. The third kappa shape index (κ3) is 4.83. The van der Waals surface area contributed by atoms with Crippen molar-refractivity contribution in [2.24, 2.45) is 0 Å². The van der Waals surface area contributed by atoms with Crippen LogP contribution in [0.15, 0.2) is 48.5 Å². The van der Waals surface area contributed by atoms with E-state index >= 15 is 0 Å². The van der Waals surface area contributed by atoms with Crippen molar-refractivity contribution in [2.45, 2.75) is 26.3 Å². The van der Waals surface area contributed by atoms with E-state index in [0.717, 1.165) is 0 Å². The summed E-state index contributed by atoms with van der Waals surface area (Å²) in [6.45, 7) is 5.74. The third-order valence-electron chi connectivity index (χ3n) is 3.02. The number of anilines is 1. The number of hydrogen-bond acceptors (Lipinski definition) is 2. The van der Waals surface area contributed by atoms with Gasteiger partial charge in [0.25, 0.3) is 11.8 Å². The van der Waals surface area contributed by atoms with Gasteiger partial charge in [0.05, 0.1) is 10.7 Å². The molecule has 2 aromatic rings. The first-order chi connectivity index (χ1) is 10.8. The van der Waals surface area contributed by atoms with E-state index in [2.05, 4.69) is 10.6 Å². The van der Waals surface area contributed by atoms with Crippen molar-refractivity contribution >= 4 is 29.1 Å². The summed E-state index contributed by atoms with van der Waals surface area (Å²) in [7, 11) is 0. The zero-order chi connectivity index (χ0) is 17.0. The second-order valence-corrected chi connectivity index (χ2v) is 6.62. The Bertz CT molecular complexity index is 719. The Morgan fingerprint density at radius 1 is 0.870 bits per heavy atom. The first kappa shape index (κ1) is 17.0. The van der Waals surface area contributed by atoms with Crippen LogP contribution in [0, 0.1) is 0 Å². The summed E-state index contributed by atoms with van der Waals surface area (Å²) in [5.41, 5.74) is 1.21. The molecule has 0 aliphatic rings. The summed E-state index contributed by atoms with van der Waals surface area (Å²) in [5.74, 6) is -0.448. The molecule has 120 valence electrons. The fraction of sp³-hybridized carbons (Fsp3) is 0.222. The fourth-order valence-electron chi connectivity index (χ4n) is 1.94. The molecule has 2 amide bonds. The molecule has 23 heavy (non-hydrogen) atoms. The summed E-state index contributed by atoms with van der Waals surface area (Å²) in [6.07, 6.45) is 0. The number of hydrogen-bond donors (Lipinski definition) is 2. The molecule has 0 saturated heterocycles. The van der Waals surface area contributed by atoms with E-state index < -0.39 is 0 Å². The maximum absolute atomic E-state index is 12.2. The second kappa shape index (κ2) is 6.84. The molecule has 2 N–H and O–H groups in total. The normalized spacial score (nSPS) is 11.0. The van der Waals surface area contributed by atoms with Gasteiger partial charge in [-0.15, -0.1) is 0 Å². The van der Waals surface area contributed by atoms with Gasteiger partial charge in [-0.3, -0.25) is 9.59 Å². The van der Waals surface area contributed by atoms with E-state index in [1.54, 1.807) is 48.5 Å². The topological polar surface area (TPSA) is 58.2 Å². The van der Waals surface area contributed by atoms with Gasteiger partial charge >= 0.3 is 0 Å². The first-order valence-corrected chi connectivity index (χ1v) is 7.62. The number of nitrogens with one attached hydrogen (secondary N) is 2. The monoisotopic (exact) mass is 330 g/mol. The van der Waals surface area contributed by atoms with Crippen LogP contribution in [0.4, 0.5) is 5.69 Å². The minimum absolute atomic E-state index is 0.171. The summed E-state index contributed by atoms with van der Waals surface area (Å²) in [4.78, 5) is 24.3. The number of benzene rings is 2. The van der Waals surface area contributed by atoms with E-state index in [1.165, 1.54) is 0 Å². The Morgan fingerprint density at radius 2 is 1.39 bits per heavy atom. The van der Waals surface area contributed by atoms with E-state index in [1.807, 2.05) is 20.8 Å². The Morgan fingerprint density at radius 3 is 1.91 bits per heavy atom. The largest absolute Gasteiger partial charge is 0.347 e. The van der Waals surface area contributed by atoms with Crippen LogP contribution >= 0.6 is 11.6 Å². The van der Waals surface area contributed by atoms with Crippen molar-refractivity contribution in [1.29, 1.82) is 0 Å². The lowest BCUT2D eigenvalue weighted by atomic mass is 10.1. The summed E-state index contributed by atoms with van der Waals surface area (Å²) in [6, 6.07) is 13.5. The smallest absolute Gasteiger partial charge is 0.255 e. The molecule has 2 aromatic carbocycles. The van der Waals surface area contributed by atoms with Crippen molar-refractivity contribution in [3.05, 3.63) is 64.7 Å². The van der Waals surface area contributed by atoms with Crippen LogP contribution in [-0.2, 0) is 0 Å². The van der Waals surface area contributed by atoms with Crippen LogP contribution in [-0.4, -0.2) is 17.4 Å². The van der Waals surface area contributed by atoms with Crippen LogP contribution < -0.4 is 10.6 Å². The molecule has 0 bridgehead atoms. The average Bonchev–Trinajstić information content (AvgIpc) is 2.48. The van der Waals surface area contributed by atoms with E-state index in [0.29, 0.717) is 21.8 Å². The number of halogens is 1. The van der Waals surface area contributed by atoms with Gasteiger partial charge in [0.15, 0.2) is 0 Å². The first-order valence-electron chi connectivity index (χ1n) is 7.25. The summed E-state index contributed by atoms with van der Waals surface area (Å²) >= 11 is 6.02. The molecule has 4 nitrogen and oxygen atoms in total. The van der Waals surface area contributed by atoms with Crippen molar-refractivity contribution < 1.29 is 9.59 Å². The molecule has 0 aliphatic carbocycles. The highest BCUT2D eigenvalue weighted by Gasteiger charge is 2.16. The zero-order valence-corrected chi connectivity index (χ0v) is 14.1. The zero-order valence-electron chi connectivity index (χ0n) is 13.3. The van der Waals surface area contributed by atoms with Gasteiger partial charge in [-0.1, -0.05) is 23.7 Å². The number of amides is 2. The summed E-state index contributed by atoms with van der Waals surface area (Å²) in [5, 5.41) is 6.09. The molecule has 0 aliphatic heterocycles. The highest BCUT2D eigenvalue weighted by molar-refractivity contribution is 6.33. The van der Waals surface area contributed by atoms with Gasteiger partial charge < -0.3 is 10.6 Å². The Kier molecular flexibility index (Phi) is 5.06. The van der Waals surface area contributed by atoms with E-state index in [-0.39, 0.29) is 17.4 Å². The minimum atomic E-state index is -0.308. The molecule has 0 atom stereocenters. The number of para-hydroxylation sites is 1. The van der Waals surface area contributed by atoms with Crippen LogP contribution in [0.5, 0.6) is 0 Å². The van der Waals surface area contributed by atoms with E-state index in [4.69, 9.17) is 11.6 Å². The van der Waals surface area contributed by atoms with Crippen LogP contribution in [0.3, 0.4) is 0 Å². The van der Waals surface area contributed by atoms with Crippen LogP contribution in [0.1, 0.15) is 41.5 Å². The minimum Gasteiger partial charge on any atom is -0.347 e. The Balaban J connectivity index is 2.09. The van der Waals surface area contributed by atoms with Gasteiger partial charge in [-0.2, -0.15) is 0 Å². The lowest BCUT2D eigenvalue weighted by Gasteiger charge is -2.20. The third-order valence-corrected chi connectivity index (χ3v) is 3.35. The van der Waals surface area contributed by atoms with Gasteiger partial charge in [0.1, 0.15) is 0 Å². The maximum atomic E-state index is 12.2. The van der Waals surface area contributed by atoms with Gasteiger partial charge in [-0.05, 0) is 57.2 Å². The predicted octanol–water partition coefficient (Wildman–Crippen LogP) is 4.12. The molecule has 0 heterocycles. The molecule has 0 spiro atoms. The van der Waals surface area contributed by atoms with Gasteiger partial charge in [0.2, 0.25) is 0 Å². The lowest BCUT2D eigenvalue weighted by Crippen LogP contribution is -2.40. The van der Waals surface area contributed by atoms with Crippen molar-refractivity contribution in [2.75, 3.05) is 5.32 Å². The molecular weight excluding hydrogens is 312 g/mol. The molecular formula is C18H19ClN2O2. The molecule has 0 aromatic heterocycles. The molecule has 0 unspecified atom stereocenters. The lowest BCUT2D eigenvalue weighted by molar-refractivity contribution is 0.0918.